The van der Waals surface area contributed by atoms with Crippen molar-refractivity contribution in [3.8, 4) is 0 Å². The summed E-state index contributed by atoms with van der Waals surface area (Å²) in [4.78, 5) is 25.7. The predicted molar refractivity (Wildman–Crippen MR) is 70.6 cm³/mol. The Labute approximate surface area is 109 Å². The quantitative estimate of drug-likeness (QED) is 0.884. The van der Waals surface area contributed by atoms with Gasteiger partial charge in [0.1, 0.15) is 5.00 Å². The van der Waals surface area contributed by atoms with Gasteiger partial charge in [0.25, 0.3) is 0 Å². The summed E-state index contributed by atoms with van der Waals surface area (Å²) in [5.41, 5.74) is 1.19. The molecule has 0 radical (unpaired) electrons. The molecule has 18 heavy (non-hydrogen) atoms. The van der Waals surface area contributed by atoms with Crippen molar-refractivity contribution < 1.29 is 14.7 Å². The van der Waals surface area contributed by atoms with Crippen molar-refractivity contribution in [1.29, 1.82) is 0 Å². The van der Waals surface area contributed by atoms with E-state index in [0.29, 0.717) is 11.5 Å². The van der Waals surface area contributed by atoms with Crippen LogP contribution in [0.25, 0.3) is 0 Å². The zero-order valence-electron chi connectivity index (χ0n) is 10.4. The molecule has 0 saturated heterocycles. The minimum Gasteiger partial charge on any atom is -0.478 e. The number of carboxylic acid groups (broad SMARTS) is 1. The van der Waals surface area contributed by atoms with Crippen molar-refractivity contribution in [2.45, 2.75) is 26.2 Å². The van der Waals surface area contributed by atoms with Gasteiger partial charge < -0.3 is 10.0 Å². The molecular formula is C12H16N2O3S. The molecule has 1 aromatic rings. The minimum absolute atomic E-state index is 0.264. The molecule has 2 amide bonds. The molecule has 5 nitrogen and oxygen atoms in total. The first-order valence-corrected chi connectivity index (χ1v) is 6.76. The second-order valence-electron chi connectivity index (χ2n) is 4.31. The SMILES string of the molecule is CCN(C)C(=O)Nc1sc2c(c1C(=O)O)CCC2. The van der Waals surface area contributed by atoms with Crippen LogP contribution in [0.2, 0.25) is 0 Å². The number of carbonyl (C=O) groups is 2. The molecule has 0 aliphatic heterocycles. The van der Waals surface area contributed by atoms with Crippen LogP contribution in [-0.2, 0) is 12.8 Å². The van der Waals surface area contributed by atoms with Crippen molar-refractivity contribution in [3.63, 3.8) is 0 Å². The average Bonchev–Trinajstić information content (AvgIpc) is 2.86. The first-order valence-electron chi connectivity index (χ1n) is 5.94. The normalized spacial score (nSPS) is 13.2. The van der Waals surface area contributed by atoms with Crippen LogP contribution in [0.1, 0.15) is 34.1 Å². The Balaban J connectivity index is 2.29. The number of thiophene rings is 1. The lowest BCUT2D eigenvalue weighted by Crippen LogP contribution is -2.31. The highest BCUT2D eigenvalue weighted by atomic mass is 32.1. The van der Waals surface area contributed by atoms with Crippen LogP contribution in [0.5, 0.6) is 0 Å². The molecule has 1 heterocycles. The number of hydrogen-bond acceptors (Lipinski definition) is 3. The van der Waals surface area contributed by atoms with E-state index >= 15 is 0 Å². The second kappa shape index (κ2) is 4.97. The number of aryl methyl sites for hydroxylation is 1. The Morgan fingerprint density at radius 2 is 2.17 bits per heavy atom. The first kappa shape index (κ1) is 12.9. The van der Waals surface area contributed by atoms with E-state index in [4.69, 9.17) is 0 Å². The van der Waals surface area contributed by atoms with E-state index in [-0.39, 0.29) is 11.6 Å². The van der Waals surface area contributed by atoms with Gasteiger partial charge in [-0.15, -0.1) is 11.3 Å². The monoisotopic (exact) mass is 268 g/mol. The number of nitrogens with zero attached hydrogens (tertiary/aromatic N) is 1. The largest absolute Gasteiger partial charge is 0.478 e. The fourth-order valence-corrected chi connectivity index (χ4v) is 3.33. The van der Waals surface area contributed by atoms with Crippen molar-refractivity contribution >= 4 is 28.3 Å². The Bertz CT molecular complexity index is 496. The fraction of sp³-hybridized carbons (Fsp3) is 0.500. The number of carboxylic acids is 1. The number of urea groups is 1. The van der Waals surface area contributed by atoms with Crippen molar-refractivity contribution in [1.82, 2.24) is 4.90 Å². The zero-order valence-corrected chi connectivity index (χ0v) is 11.3. The highest BCUT2D eigenvalue weighted by molar-refractivity contribution is 7.17. The molecule has 0 spiro atoms. The van der Waals surface area contributed by atoms with Crippen molar-refractivity contribution in [2.75, 3.05) is 18.9 Å². The van der Waals surface area contributed by atoms with Crippen LogP contribution < -0.4 is 5.32 Å². The van der Waals surface area contributed by atoms with Crippen LogP contribution in [0, 0.1) is 0 Å². The van der Waals surface area contributed by atoms with Crippen LogP contribution >= 0.6 is 11.3 Å². The molecule has 2 rings (SSSR count). The maximum Gasteiger partial charge on any atom is 0.339 e. The molecule has 0 fully saturated rings. The van der Waals surface area contributed by atoms with Gasteiger partial charge >= 0.3 is 12.0 Å². The second-order valence-corrected chi connectivity index (χ2v) is 5.42. The van der Waals surface area contributed by atoms with Gasteiger partial charge in [-0.25, -0.2) is 9.59 Å². The number of fused-ring (bicyclic) bond motifs is 1. The summed E-state index contributed by atoms with van der Waals surface area (Å²) in [5, 5.41) is 12.4. The summed E-state index contributed by atoms with van der Waals surface area (Å²) in [5.74, 6) is -0.955. The number of carbonyl (C=O) groups excluding carboxylic acids is 1. The number of anilines is 1. The van der Waals surface area contributed by atoms with Gasteiger partial charge in [0.15, 0.2) is 0 Å². The molecule has 0 saturated carbocycles. The number of rotatable bonds is 3. The number of hydrogen-bond donors (Lipinski definition) is 2. The average molecular weight is 268 g/mol. The first-order chi connectivity index (χ1) is 8.54. The Kier molecular flexibility index (Phi) is 3.56. The number of nitrogens with one attached hydrogen (secondary N) is 1. The molecule has 0 aromatic carbocycles. The highest BCUT2D eigenvalue weighted by Crippen LogP contribution is 2.39. The third kappa shape index (κ3) is 2.20. The van der Waals surface area contributed by atoms with E-state index in [1.54, 1.807) is 7.05 Å². The smallest absolute Gasteiger partial charge is 0.339 e. The van der Waals surface area contributed by atoms with Gasteiger partial charge in [-0.2, -0.15) is 0 Å². The maximum absolute atomic E-state index is 11.8. The fourth-order valence-electron chi connectivity index (χ4n) is 2.05. The molecular weight excluding hydrogens is 252 g/mol. The van der Waals surface area contributed by atoms with Crippen LogP contribution in [0.4, 0.5) is 9.80 Å². The lowest BCUT2D eigenvalue weighted by atomic mass is 10.1. The van der Waals surface area contributed by atoms with E-state index in [2.05, 4.69) is 5.32 Å². The van der Waals surface area contributed by atoms with E-state index in [1.165, 1.54) is 16.2 Å². The molecule has 0 unspecified atom stereocenters. The molecule has 98 valence electrons. The van der Waals surface area contributed by atoms with E-state index in [0.717, 1.165) is 29.7 Å². The molecule has 2 N–H and O–H groups in total. The minimum atomic E-state index is -0.955. The standard InChI is InChI=1S/C12H16N2O3S/c1-3-14(2)12(17)13-10-9(11(15)16)7-5-4-6-8(7)18-10/h3-6H2,1-2H3,(H,13,17)(H,15,16). The molecule has 1 aliphatic rings. The molecule has 0 atom stereocenters. The summed E-state index contributed by atoms with van der Waals surface area (Å²) in [6.45, 7) is 2.45. The summed E-state index contributed by atoms with van der Waals surface area (Å²) >= 11 is 1.39. The van der Waals surface area contributed by atoms with Crippen molar-refractivity contribution in [2.24, 2.45) is 0 Å². The molecule has 0 bridgehead atoms. The maximum atomic E-state index is 11.8. The van der Waals surface area contributed by atoms with Gasteiger partial charge in [-0.1, -0.05) is 0 Å². The molecule has 1 aliphatic carbocycles. The lowest BCUT2D eigenvalue weighted by molar-refractivity contribution is 0.0697. The van der Waals surface area contributed by atoms with Crippen LogP contribution in [-0.4, -0.2) is 35.6 Å². The van der Waals surface area contributed by atoms with Gasteiger partial charge in [-0.3, -0.25) is 5.32 Å². The summed E-state index contributed by atoms with van der Waals surface area (Å²) in [7, 11) is 1.68. The third-order valence-electron chi connectivity index (χ3n) is 3.18. The van der Waals surface area contributed by atoms with Crippen molar-refractivity contribution in [3.05, 3.63) is 16.0 Å². The highest BCUT2D eigenvalue weighted by Gasteiger charge is 2.27. The van der Waals surface area contributed by atoms with E-state index in [1.807, 2.05) is 6.92 Å². The molecule has 6 heteroatoms. The van der Waals surface area contributed by atoms with Gasteiger partial charge in [0, 0.05) is 18.5 Å². The zero-order chi connectivity index (χ0) is 13.3. The van der Waals surface area contributed by atoms with E-state index < -0.39 is 5.97 Å². The summed E-state index contributed by atoms with van der Waals surface area (Å²) in [6, 6.07) is -0.264. The predicted octanol–water partition coefficient (Wildman–Crippen LogP) is 2.42. The van der Waals surface area contributed by atoms with Gasteiger partial charge in [0.05, 0.1) is 5.56 Å². The summed E-state index contributed by atoms with van der Waals surface area (Å²) in [6.07, 6.45) is 2.72. The Hall–Kier alpha value is -1.56. The number of amides is 2. The van der Waals surface area contributed by atoms with Crippen LogP contribution in [0.15, 0.2) is 0 Å². The summed E-state index contributed by atoms with van der Waals surface area (Å²) < 4.78 is 0. The van der Waals surface area contributed by atoms with Crippen LogP contribution in [0.3, 0.4) is 0 Å². The van der Waals surface area contributed by atoms with Gasteiger partial charge in [0.2, 0.25) is 0 Å². The number of aromatic carboxylic acids is 1. The lowest BCUT2D eigenvalue weighted by Gasteiger charge is -2.15. The molecule has 1 aromatic heterocycles. The van der Waals surface area contributed by atoms with E-state index in [9.17, 15) is 14.7 Å². The Morgan fingerprint density at radius 3 is 2.78 bits per heavy atom. The topological polar surface area (TPSA) is 69.6 Å². The van der Waals surface area contributed by atoms with Gasteiger partial charge in [-0.05, 0) is 31.7 Å². The Morgan fingerprint density at radius 1 is 1.44 bits per heavy atom. The third-order valence-corrected chi connectivity index (χ3v) is 4.38.